The number of rotatable bonds is 6. The predicted molar refractivity (Wildman–Crippen MR) is 78.6 cm³/mol. The van der Waals surface area contributed by atoms with Crippen molar-refractivity contribution in [1.82, 2.24) is 0 Å². The van der Waals surface area contributed by atoms with Crippen LogP contribution in [0.5, 0.6) is 5.75 Å². The first kappa shape index (κ1) is 16.5. The van der Waals surface area contributed by atoms with Crippen LogP contribution in [-0.2, 0) is 19.1 Å². The van der Waals surface area contributed by atoms with E-state index in [9.17, 15) is 9.59 Å². The summed E-state index contributed by atoms with van der Waals surface area (Å²) in [6.45, 7) is 6.72. The second kappa shape index (κ2) is 7.89. The van der Waals surface area contributed by atoms with Gasteiger partial charge in [-0.05, 0) is 43.2 Å². The van der Waals surface area contributed by atoms with E-state index in [0.29, 0.717) is 11.3 Å². The third-order valence-corrected chi connectivity index (χ3v) is 2.56. The molecule has 0 aliphatic heterocycles. The summed E-state index contributed by atoms with van der Waals surface area (Å²) >= 11 is 0. The van der Waals surface area contributed by atoms with E-state index in [1.54, 1.807) is 25.1 Å². The van der Waals surface area contributed by atoms with Crippen LogP contribution in [0.15, 0.2) is 36.4 Å². The Morgan fingerprint density at radius 1 is 1.33 bits per heavy atom. The van der Waals surface area contributed by atoms with Gasteiger partial charge >= 0.3 is 11.9 Å². The molecule has 1 aromatic carbocycles. The average molecular weight is 290 g/mol. The van der Waals surface area contributed by atoms with E-state index in [1.807, 2.05) is 13.0 Å². The quantitative estimate of drug-likeness (QED) is 0.458. The number of esters is 2. The first-order valence-electron chi connectivity index (χ1n) is 6.26. The van der Waals surface area contributed by atoms with Crippen LogP contribution >= 0.6 is 0 Å². The number of benzene rings is 1. The van der Waals surface area contributed by atoms with Crippen LogP contribution in [-0.4, -0.2) is 25.8 Å². The molecule has 0 spiro atoms. The standard InChI is InChI=1S/C16H18O5/c1-11(2)16(18)21-10-20-14-7-5-13(9-12(14)3)6-8-15(17)19-4/h5-9H,1,10H2,2-4H3/b8-6+. The molecule has 0 saturated heterocycles. The van der Waals surface area contributed by atoms with Gasteiger partial charge in [-0.1, -0.05) is 12.6 Å². The summed E-state index contributed by atoms with van der Waals surface area (Å²) < 4.78 is 14.7. The van der Waals surface area contributed by atoms with Gasteiger partial charge in [0.15, 0.2) is 0 Å². The molecule has 21 heavy (non-hydrogen) atoms. The Hall–Kier alpha value is -2.56. The minimum atomic E-state index is -0.495. The molecule has 0 N–H and O–H groups in total. The second-order valence-electron chi connectivity index (χ2n) is 4.36. The third kappa shape index (κ3) is 5.52. The summed E-state index contributed by atoms with van der Waals surface area (Å²) in [6, 6.07) is 5.36. The van der Waals surface area contributed by atoms with Gasteiger partial charge in [0.1, 0.15) is 5.75 Å². The molecule has 0 amide bonds. The van der Waals surface area contributed by atoms with Crippen molar-refractivity contribution in [2.24, 2.45) is 0 Å². The molecular weight excluding hydrogens is 272 g/mol. The molecule has 5 nitrogen and oxygen atoms in total. The summed E-state index contributed by atoms with van der Waals surface area (Å²) in [5, 5.41) is 0. The molecule has 1 aromatic rings. The normalized spacial score (nSPS) is 10.2. The van der Waals surface area contributed by atoms with Crippen LogP contribution in [0, 0.1) is 6.92 Å². The monoisotopic (exact) mass is 290 g/mol. The molecule has 0 atom stereocenters. The SMILES string of the molecule is C=C(C)C(=O)OCOc1ccc(/C=C/C(=O)OC)cc1C. The smallest absolute Gasteiger partial charge is 0.335 e. The van der Waals surface area contributed by atoms with Crippen molar-refractivity contribution in [2.45, 2.75) is 13.8 Å². The zero-order valence-corrected chi connectivity index (χ0v) is 12.3. The van der Waals surface area contributed by atoms with Crippen molar-refractivity contribution >= 4 is 18.0 Å². The van der Waals surface area contributed by atoms with Gasteiger partial charge in [0.25, 0.3) is 0 Å². The molecule has 0 fully saturated rings. The molecule has 112 valence electrons. The Labute approximate surface area is 123 Å². The fraction of sp³-hybridized carbons (Fsp3) is 0.250. The molecule has 0 radical (unpaired) electrons. The lowest BCUT2D eigenvalue weighted by Gasteiger charge is -2.10. The van der Waals surface area contributed by atoms with Crippen molar-refractivity contribution in [3.63, 3.8) is 0 Å². The van der Waals surface area contributed by atoms with Gasteiger partial charge in [-0.25, -0.2) is 9.59 Å². The topological polar surface area (TPSA) is 61.8 Å². The number of hydrogen-bond donors (Lipinski definition) is 0. The maximum absolute atomic E-state index is 11.2. The summed E-state index contributed by atoms with van der Waals surface area (Å²) in [6.07, 6.45) is 2.98. The number of carbonyl (C=O) groups excluding carboxylic acids is 2. The molecule has 0 bridgehead atoms. The molecule has 0 aromatic heterocycles. The number of carbonyl (C=O) groups is 2. The molecule has 0 unspecified atom stereocenters. The first-order valence-corrected chi connectivity index (χ1v) is 6.26. The Balaban J connectivity index is 2.62. The fourth-order valence-corrected chi connectivity index (χ4v) is 1.44. The van der Waals surface area contributed by atoms with Crippen LogP contribution < -0.4 is 4.74 Å². The lowest BCUT2D eigenvalue weighted by Crippen LogP contribution is -2.11. The lowest BCUT2D eigenvalue weighted by atomic mass is 10.1. The van der Waals surface area contributed by atoms with E-state index >= 15 is 0 Å². The van der Waals surface area contributed by atoms with E-state index in [0.717, 1.165) is 11.1 Å². The summed E-state index contributed by atoms with van der Waals surface area (Å²) in [4.78, 5) is 22.2. The van der Waals surface area contributed by atoms with E-state index in [4.69, 9.17) is 9.47 Å². The first-order chi connectivity index (χ1) is 9.93. The molecule has 1 rings (SSSR count). The maximum Gasteiger partial charge on any atom is 0.335 e. The fourth-order valence-electron chi connectivity index (χ4n) is 1.44. The highest BCUT2D eigenvalue weighted by molar-refractivity contribution is 5.87. The third-order valence-electron chi connectivity index (χ3n) is 2.56. The minimum absolute atomic E-state index is 0.177. The van der Waals surface area contributed by atoms with E-state index in [2.05, 4.69) is 11.3 Å². The van der Waals surface area contributed by atoms with Crippen LogP contribution in [0.4, 0.5) is 0 Å². The van der Waals surface area contributed by atoms with Gasteiger partial charge in [0, 0.05) is 11.6 Å². The second-order valence-corrected chi connectivity index (χ2v) is 4.36. The zero-order chi connectivity index (χ0) is 15.8. The van der Waals surface area contributed by atoms with Crippen molar-refractivity contribution in [2.75, 3.05) is 13.9 Å². The molecule has 0 saturated carbocycles. The summed E-state index contributed by atoms with van der Waals surface area (Å²) in [7, 11) is 1.32. The minimum Gasteiger partial charge on any atom is -0.466 e. The van der Waals surface area contributed by atoms with E-state index in [-0.39, 0.29) is 6.79 Å². The lowest BCUT2D eigenvalue weighted by molar-refractivity contribution is -0.145. The molecular formula is C16H18O5. The van der Waals surface area contributed by atoms with Crippen LogP contribution in [0.3, 0.4) is 0 Å². The van der Waals surface area contributed by atoms with Gasteiger partial charge in [0.05, 0.1) is 7.11 Å². The summed E-state index contributed by atoms with van der Waals surface area (Å²) in [5.41, 5.74) is 2.01. The van der Waals surface area contributed by atoms with Gasteiger partial charge in [0.2, 0.25) is 6.79 Å². The Kier molecular flexibility index (Phi) is 6.20. The Morgan fingerprint density at radius 2 is 2.05 bits per heavy atom. The van der Waals surface area contributed by atoms with Crippen LogP contribution in [0.2, 0.25) is 0 Å². The largest absolute Gasteiger partial charge is 0.466 e. The van der Waals surface area contributed by atoms with Gasteiger partial charge in [-0.3, -0.25) is 0 Å². The number of methoxy groups -OCH3 is 1. The summed E-state index contributed by atoms with van der Waals surface area (Å²) in [5.74, 6) is -0.315. The Bertz CT molecular complexity index is 572. The molecule has 0 aliphatic rings. The van der Waals surface area contributed by atoms with Crippen LogP contribution in [0.25, 0.3) is 6.08 Å². The highest BCUT2D eigenvalue weighted by Crippen LogP contribution is 2.20. The number of aryl methyl sites for hydroxylation is 1. The highest BCUT2D eigenvalue weighted by atomic mass is 16.7. The molecule has 5 heteroatoms. The van der Waals surface area contributed by atoms with Gasteiger partial charge in [-0.15, -0.1) is 0 Å². The van der Waals surface area contributed by atoms with Crippen molar-refractivity contribution < 1.29 is 23.8 Å². The molecule has 0 aliphatic carbocycles. The molecule has 0 heterocycles. The van der Waals surface area contributed by atoms with E-state index in [1.165, 1.54) is 13.2 Å². The number of hydrogen-bond acceptors (Lipinski definition) is 5. The van der Waals surface area contributed by atoms with Crippen molar-refractivity contribution in [3.05, 3.63) is 47.6 Å². The Morgan fingerprint density at radius 3 is 2.62 bits per heavy atom. The van der Waals surface area contributed by atoms with Crippen molar-refractivity contribution in [1.29, 1.82) is 0 Å². The van der Waals surface area contributed by atoms with Crippen molar-refractivity contribution in [3.8, 4) is 5.75 Å². The van der Waals surface area contributed by atoms with Gasteiger partial charge in [-0.2, -0.15) is 0 Å². The van der Waals surface area contributed by atoms with Gasteiger partial charge < -0.3 is 14.2 Å². The zero-order valence-electron chi connectivity index (χ0n) is 12.3. The highest BCUT2D eigenvalue weighted by Gasteiger charge is 2.05. The predicted octanol–water partition coefficient (Wildman–Crippen LogP) is 2.64. The average Bonchev–Trinajstić information content (AvgIpc) is 2.46. The van der Waals surface area contributed by atoms with Crippen LogP contribution in [0.1, 0.15) is 18.1 Å². The maximum atomic E-state index is 11.2. The number of ether oxygens (including phenoxy) is 3. The van der Waals surface area contributed by atoms with E-state index < -0.39 is 11.9 Å².